The van der Waals surface area contributed by atoms with Gasteiger partial charge in [0.25, 0.3) is 0 Å². The lowest BCUT2D eigenvalue weighted by molar-refractivity contribution is 0.796. The number of aromatic amines is 1. The summed E-state index contributed by atoms with van der Waals surface area (Å²) >= 11 is 0. The lowest BCUT2D eigenvalue weighted by atomic mass is 10.0. The van der Waals surface area contributed by atoms with Gasteiger partial charge < -0.3 is 15.6 Å². The second-order valence-electron chi connectivity index (χ2n) is 6.21. The summed E-state index contributed by atoms with van der Waals surface area (Å²) in [5, 5.41) is 7.85. The third-order valence-corrected chi connectivity index (χ3v) is 4.36. The molecule has 0 amide bonds. The highest BCUT2D eigenvalue weighted by molar-refractivity contribution is 5.86. The van der Waals surface area contributed by atoms with Crippen LogP contribution < -0.4 is 10.6 Å². The summed E-state index contributed by atoms with van der Waals surface area (Å²) in [7, 11) is 0. The Balaban J connectivity index is 1.79. The molecule has 25 heavy (non-hydrogen) atoms. The van der Waals surface area contributed by atoms with E-state index in [1.807, 2.05) is 6.20 Å². The largest absolute Gasteiger partial charge is 0.362 e. The number of unbranched alkanes of at least 4 members (excludes halogenated alkanes) is 1. The SMILES string of the molecule is C=CNc1cc(NC(=C)c2ccc3[nH]ccc3c2)ccc1CCCC. The van der Waals surface area contributed by atoms with Crippen molar-refractivity contribution in [3.8, 4) is 0 Å². The first-order valence-corrected chi connectivity index (χ1v) is 8.75. The number of fused-ring (bicyclic) bond motifs is 1. The molecule has 0 saturated carbocycles. The van der Waals surface area contributed by atoms with Crippen LogP contribution in [0.2, 0.25) is 0 Å². The van der Waals surface area contributed by atoms with E-state index in [0.717, 1.165) is 34.6 Å². The summed E-state index contributed by atoms with van der Waals surface area (Å²) in [5.41, 5.74) is 6.53. The summed E-state index contributed by atoms with van der Waals surface area (Å²) < 4.78 is 0. The predicted octanol–water partition coefficient (Wildman–Crippen LogP) is 6.15. The molecular weight excluding hydrogens is 306 g/mol. The van der Waals surface area contributed by atoms with Gasteiger partial charge in [-0.15, -0.1) is 0 Å². The Hall–Kier alpha value is -2.94. The summed E-state index contributed by atoms with van der Waals surface area (Å²) in [6, 6.07) is 14.8. The van der Waals surface area contributed by atoms with Gasteiger partial charge >= 0.3 is 0 Å². The first kappa shape index (κ1) is 16.9. The fourth-order valence-corrected chi connectivity index (χ4v) is 2.97. The van der Waals surface area contributed by atoms with Gasteiger partial charge in [-0.1, -0.05) is 38.6 Å². The third-order valence-electron chi connectivity index (χ3n) is 4.36. The zero-order valence-electron chi connectivity index (χ0n) is 14.7. The highest BCUT2D eigenvalue weighted by Crippen LogP contribution is 2.26. The van der Waals surface area contributed by atoms with Crippen LogP contribution in [0.1, 0.15) is 30.9 Å². The lowest BCUT2D eigenvalue weighted by Crippen LogP contribution is -2.00. The van der Waals surface area contributed by atoms with Crippen molar-refractivity contribution < 1.29 is 0 Å². The topological polar surface area (TPSA) is 39.8 Å². The van der Waals surface area contributed by atoms with E-state index in [4.69, 9.17) is 0 Å². The molecule has 3 N–H and O–H groups in total. The molecule has 0 aliphatic carbocycles. The molecule has 0 spiro atoms. The van der Waals surface area contributed by atoms with Crippen molar-refractivity contribution in [2.75, 3.05) is 10.6 Å². The first-order valence-electron chi connectivity index (χ1n) is 8.75. The van der Waals surface area contributed by atoms with Crippen molar-refractivity contribution in [2.24, 2.45) is 0 Å². The minimum Gasteiger partial charge on any atom is -0.362 e. The highest BCUT2D eigenvalue weighted by Gasteiger charge is 2.06. The summed E-state index contributed by atoms with van der Waals surface area (Å²) in [6.45, 7) is 10.2. The van der Waals surface area contributed by atoms with Gasteiger partial charge in [-0.05, 0) is 60.5 Å². The number of aromatic nitrogens is 1. The molecule has 0 saturated heterocycles. The quantitative estimate of drug-likeness (QED) is 0.463. The standard InChI is InChI=1S/C22H25N3/c1-4-6-7-17-8-10-20(15-22(17)23-5-2)25-16(3)18-9-11-21-19(14-18)12-13-24-21/h5,8-15,23-25H,2-4,6-7H2,1H3. The number of nitrogens with one attached hydrogen (secondary N) is 3. The van der Waals surface area contributed by atoms with E-state index >= 15 is 0 Å². The van der Waals surface area contributed by atoms with Crippen LogP contribution >= 0.6 is 0 Å². The zero-order valence-corrected chi connectivity index (χ0v) is 14.7. The molecular formula is C22H25N3. The van der Waals surface area contributed by atoms with Gasteiger partial charge in [-0.3, -0.25) is 0 Å². The molecule has 3 nitrogen and oxygen atoms in total. The fraction of sp³-hybridized carbons (Fsp3) is 0.182. The third kappa shape index (κ3) is 3.94. The van der Waals surface area contributed by atoms with Gasteiger partial charge in [0.1, 0.15) is 0 Å². The second kappa shape index (κ2) is 7.75. The molecule has 1 heterocycles. The van der Waals surface area contributed by atoms with Gasteiger partial charge in [0.2, 0.25) is 0 Å². The van der Waals surface area contributed by atoms with Crippen LogP contribution in [-0.4, -0.2) is 4.98 Å². The van der Waals surface area contributed by atoms with Gasteiger partial charge in [0.15, 0.2) is 0 Å². The Labute approximate surface area is 149 Å². The lowest BCUT2D eigenvalue weighted by Gasteiger charge is -2.14. The Morgan fingerprint density at radius 3 is 2.84 bits per heavy atom. The first-order chi connectivity index (χ1) is 12.2. The summed E-state index contributed by atoms with van der Waals surface area (Å²) in [5.74, 6) is 0. The smallest absolute Gasteiger partial charge is 0.0454 e. The Kier molecular flexibility index (Phi) is 5.24. The molecule has 0 bridgehead atoms. The number of H-pyrrole nitrogens is 1. The highest BCUT2D eigenvalue weighted by atomic mass is 14.9. The molecule has 1 aromatic heterocycles. The molecule has 0 radical (unpaired) electrons. The van der Waals surface area contributed by atoms with E-state index in [9.17, 15) is 0 Å². The molecule has 0 fully saturated rings. The minimum atomic E-state index is 0.883. The average molecular weight is 331 g/mol. The van der Waals surface area contributed by atoms with E-state index in [2.05, 4.69) is 78.2 Å². The number of anilines is 2. The van der Waals surface area contributed by atoms with Crippen molar-refractivity contribution in [3.63, 3.8) is 0 Å². The van der Waals surface area contributed by atoms with Crippen LogP contribution in [0.15, 0.2) is 68.0 Å². The monoisotopic (exact) mass is 331 g/mol. The fourth-order valence-electron chi connectivity index (χ4n) is 2.97. The molecule has 3 rings (SSSR count). The van der Waals surface area contributed by atoms with Crippen LogP contribution in [0.5, 0.6) is 0 Å². The van der Waals surface area contributed by atoms with E-state index in [0.29, 0.717) is 0 Å². The van der Waals surface area contributed by atoms with Gasteiger partial charge in [0.05, 0.1) is 0 Å². The number of hydrogen-bond acceptors (Lipinski definition) is 2. The number of hydrogen-bond donors (Lipinski definition) is 3. The van der Waals surface area contributed by atoms with Gasteiger partial charge in [0, 0.05) is 34.2 Å². The minimum absolute atomic E-state index is 0.883. The summed E-state index contributed by atoms with van der Waals surface area (Å²) in [6.07, 6.45) is 7.11. The van der Waals surface area contributed by atoms with Crippen molar-refractivity contribution in [1.82, 2.24) is 4.98 Å². The molecule has 0 aliphatic heterocycles. The van der Waals surface area contributed by atoms with Crippen LogP contribution in [0.4, 0.5) is 11.4 Å². The normalized spacial score (nSPS) is 10.6. The Bertz CT molecular complexity index is 889. The van der Waals surface area contributed by atoms with E-state index in [1.54, 1.807) is 6.20 Å². The van der Waals surface area contributed by atoms with E-state index in [-0.39, 0.29) is 0 Å². The maximum absolute atomic E-state index is 4.20. The van der Waals surface area contributed by atoms with E-state index < -0.39 is 0 Å². The number of rotatable bonds is 8. The van der Waals surface area contributed by atoms with Crippen LogP contribution in [0.3, 0.4) is 0 Å². The van der Waals surface area contributed by atoms with Crippen LogP contribution in [0.25, 0.3) is 16.6 Å². The average Bonchev–Trinajstić information content (AvgIpc) is 3.09. The molecule has 0 unspecified atom stereocenters. The molecule has 3 aromatic rings. The number of benzene rings is 2. The van der Waals surface area contributed by atoms with Crippen molar-refractivity contribution in [2.45, 2.75) is 26.2 Å². The summed E-state index contributed by atoms with van der Waals surface area (Å²) in [4.78, 5) is 3.21. The van der Waals surface area contributed by atoms with Crippen molar-refractivity contribution in [1.29, 1.82) is 0 Å². The maximum atomic E-state index is 4.20. The predicted molar refractivity (Wildman–Crippen MR) is 110 cm³/mol. The molecule has 0 aliphatic rings. The van der Waals surface area contributed by atoms with Gasteiger partial charge in [-0.25, -0.2) is 0 Å². The second-order valence-corrected chi connectivity index (χ2v) is 6.21. The van der Waals surface area contributed by atoms with Gasteiger partial charge in [-0.2, -0.15) is 0 Å². The maximum Gasteiger partial charge on any atom is 0.0454 e. The molecule has 0 atom stereocenters. The Morgan fingerprint density at radius 1 is 1.16 bits per heavy atom. The molecule has 2 aromatic carbocycles. The van der Waals surface area contributed by atoms with Crippen molar-refractivity contribution >= 4 is 28.0 Å². The van der Waals surface area contributed by atoms with E-state index in [1.165, 1.54) is 23.8 Å². The molecule has 128 valence electrons. The number of aryl methyl sites for hydroxylation is 1. The Morgan fingerprint density at radius 2 is 2.04 bits per heavy atom. The van der Waals surface area contributed by atoms with Crippen LogP contribution in [0, 0.1) is 0 Å². The zero-order chi connectivity index (χ0) is 17.6. The van der Waals surface area contributed by atoms with Crippen molar-refractivity contribution in [3.05, 3.63) is 79.1 Å². The molecule has 3 heteroatoms. The van der Waals surface area contributed by atoms with Crippen LogP contribution in [-0.2, 0) is 6.42 Å².